The van der Waals surface area contributed by atoms with Crippen LogP contribution in [0.4, 0.5) is 5.69 Å². The molecule has 1 aliphatic heterocycles. The number of nitrogens with zero attached hydrogens (tertiary/aromatic N) is 2. The van der Waals surface area contributed by atoms with Crippen molar-refractivity contribution in [2.75, 3.05) is 18.5 Å². The Morgan fingerprint density at radius 1 is 1.27 bits per heavy atom. The van der Waals surface area contributed by atoms with Crippen LogP contribution in [0.2, 0.25) is 0 Å². The molecule has 2 N–H and O–H groups in total. The van der Waals surface area contributed by atoms with Gasteiger partial charge in [-0.2, -0.15) is 5.10 Å². The van der Waals surface area contributed by atoms with Crippen molar-refractivity contribution in [2.45, 2.75) is 25.8 Å². The van der Waals surface area contributed by atoms with Crippen LogP contribution in [0.15, 0.2) is 36.7 Å². The lowest BCUT2D eigenvalue weighted by molar-refractivity contribution is -0.112. The number of H-pyrrole nitrogens is 1. The minimum atomic E-state index is -0.663. The number of benzene rings is 1. The number of aromatic nitrogens is 3. The fourth-order valence-corrected chi connectivity index (χ4v) is 3.42. The average Bonchev–Trinajstić information content (AvgIpc) is 3.25. The Kier molecular flexibility index (Phi) is 4.30. The summed E-state index contributed by atoms with van der Waals surface area (Å²) in [6.07, 6.45) is 5.12. The first-order valence-electron chi connectivity index (χ1n) is 8.68. The van der Waals surface area contributed by atoms with E-state index >= 15 is 0 Å². The molecule has 0 spiro atoms. The molecule has 1 aromatic carbocycles. The maximum Gasteiger partial charge on any atom is 0.296 e. The predicted octanol–water partition coefficient (Wildman–Crippen LogP) is 2.85. The summed E-state index contributed by atoms with van der Waals surface area (Å²) in [5.74, 6) is -1.22. The van der Waals surface area contributed by atoms with Crippen molar-refractivity contribution < 1.29 is 14.3 Å². The summed E-state index contributed by atoms with van der Waals surface area (Å²) in [7, 11) is 0. The summed E-state index contributed by atoms with van der Waals surface area (Å²) >= 11 is 0. The van der Waals surface area contributed by atoms with Crippen LogP contribution in [-0.4, -0.2) is 39.7 Å². The third-order valence-corrected chi connectivity index (χ3v) is 4.75. The van der Waals surface area contributed by atoms with Gasteiger partial charge in [-0.25, -0.2) is 0 Å². The number of carbonyl (C=O) groups excluding carboxylic acids is 2. The van der Waals surface area contributed by atoms with Crippen molar-refractivity contribution in [3.63, 3.8) is 0 Å². The molecule has 7 heteroatoms. The van der Waals surface area contributed by atoms with E-state index in [-0.39, 0.29) is 6.04 Å². The quantitative estimate of drug-likeness (QED) is 0.558. The summed E-state index contributed by atoms with van der Waals surface area (Å²) in [5.41, 5.74) is 2.46. The Morgan fingerprint density at radius 3 is 2.85 bits per heavy atom. The molecule has 0 unspecified atom stereocenters. The number of ketones is 1. The molecule has 26 heavy (non-hydrogen) atoms. The molecule has 0 aliphatic carbocycles. The van der Waals surface area contributed by atoms with Crippen LogP contribution in [0, 0.1) is 6.92 Å². The number of carbonyl (C=O) groups is 2. The van der Waals surface area contributed by atoms with Crippen molar-refractivity contribution in [3.05, 3.63) is 47.9 Å². The van der Waals surface area contributed by atoms with E-state index < -0.39 is 11.7 Å². The lowest BCUT2D eigenvalue weighted by atomic mass is 10.1. The Bertz CT molecular complexity index is 966. The molecule has 4 rings (SSSR count). The Balaban J connectivity index is 1.52. The first-order valence-corrected chi connectivity index (χ1v) is 8.68. The Morgan fingerprint density at radius 2 is 2.04 bits per heavy atom. The highest BCUT2D eigenvalue weighted by Gasteiger charge is 2.23. The van der Waals surface area contributed by atoms with Gasteiger partial charge in [0.25, 0.3) is 11.7 Å². The summed E-state index contributed by atoms with van der Waals surface area (Å²) in [4.78, 5) is 28.3. The second kappa shape index (κ2) is 6.76. The van der Waals surface area contributed by atoms with E-state index in [2.05, 4.69) is 15.4 Å². The average molecular weight is 352 g/mol. The van der Waals surface area contributed by atoms with E-state index in [1.54, 1.807) is 19.3 Å². The van der Waals surface area contributed by atoms with Crippen LogP contribution in [0.1, 0.15) is 34.9 Å². The molecule has 1 aliphatic rings. The molecule has 0 saturated carbocycles. The number of fused-ring (bicyclic) bond motifs is 1. The van der Waals surface area contributed by atoms with Crippen LogP contribution in [-0.2, 0) is 9.53 Å². The van der Waals surface area contributed by atoms with Crippen LogP contribution in [0.3, 0.4) is 0 Å². The highest BCUT2D eigenvalue weighted by molar-refractivity contribution is 6.48. The van der Waals surface area contributed by atoms with Gasteiger partial charge in [-0.3, -0.25) is 14.3 Å². The lowest BCUT2D eigenvalue weighted by Crippen LogP contribution is -2.23. The third kappa shape index (κ3) is 3.01. The van der Waals surface area contributed by atoms with Gasteiger partial charge in [0.05, 0.1) is 23.5 Å². The zero-order chi connectivity index (χ0) is 18.1. The number of Topliss-reactive ketones (excluding diaryl/α,β-unsaturated/α-hetero) is 1. The van der Waals surface area contributed by atoms with Crippen LogP contribution < -0.4 is 5.32 Å². The van der Waals surface area contributed by atoms with Gasteiger partial charge in [-0.1, -0.05) is 18.2 Å². The van der Waals surface area contributed by atoms with Crippen LogP contribution >= 0.6 is 0 Å². The molecule has 0 atom stereocenters. The number of hydrogen-bond acceptors (Lipinski definition) is 4. The number of para-hydroxylation sites is 1. The number of anilines is 1. The van der Waals surface area contributed by atoms with Gasteiger partial charge in [0, 0.05) is 36.0 Å². The van der Waals surface area contributed by atoms with E-state index in [0.29, 0.717) is 30.2 Å². The molecule has 3 heterocycles. The molecule has 2 aromatic heterocycles. The highest BCUT2D eigenvalue weighted by atomic mass is 16.5. The minimum absolute atomic E-state index is 0.265. The second-order valence-corrected chi connectivity index (χ2v) is 6.51. The van der Waals surface area contributed by atoms with Crippen molar-refractivity contribution in [2.24, 2.45) is 0 Å². The standard InChI is InChI=1S/C19H20N4O3/c1-12-17(15-4-2-3-5-16(15)21-12)18(24)19(25)22-13-10-20-23(11-13)14-6-8-26-9-7-14/h2-5,10-11,14,21H,6-9H2,1H3,(H,22,25). The monoisotopic (exact) mass is 352 g/mol. The molecular formula is C19H20N4O3. The molecule has 0 bridgehead atoms. The van der Waals surface area contributed by atoms with Gasteiger partial charge in [-0.05, 0) is 25.8 Å². The second-order valence-electron chi connectivity index (χ2n) is 6.51. The van der Waals surface area contributed by atoms with Crippen molar-refractivity contribution in [1.29, 1.82) is 0 Å². The molecule has 3 aromatic rings. The van der Waals surface area contributed by atoms with Crippen molar-refractivity contribution in [1.82, 2.24) is 14.8 Å². The molecule has 1 saturated heterocycles. The lowest BCUT2D eigenvalue weighted by Gasteiger charge is -2.22. The predicted molar refractivity (Wildman–Crippen MR) is 97.3 cm³/mol. The largest absolute Gasteiger partial charge is 0.381 e. The van der Waals surface area contributed by atoms with Crippen molar-refractivity contribution in [3.8, 4) is 0 Å². The smallest absolute Gasteiger partial charge is 0.296 e. The van der Waals surface area contributed by atoms with E-state index in [9.17, 15) is 9.59 Å². The number of rotatable bonds is 4. The number of hydrogen-bond donors (Lipinski definition) is 2. The SMILES string of the molecule is Cc1[nH]c2ccccc2c1C(=O)C(=O)Nc1cnn(C2CCOCC2)c1. The molecular weight excluding hydrogens is 332 g/mol. The van der Waals surface area contributed by atoms with Gasteiger partial charge >= 0.3 is 0 Å². The summed E-state index contributed by atoms with van der Waals surface area (Å²) < 4.78 is 7.19. The summed E-state index contributed by atoms with van der Waals surface area (Å²) in [5, 5.41) is 7.73. The fraction of sp³-hybridized carbons (Fsp3) is 0.316. The minimum Gasteiger partial charge on any atom is -0.381 e. The Hall–Kier alpha value is -2.93. The van der Waals surface area contributed by atoms with Gasteiger partial charge in [0.15, 0.2) is 0 Å². The van der Waals surface area contributed by atoms with Gasteiger partial charge in [0.1, 0.15) is 0 Å². The number of amides is 1. The molecule has 7 nitrogen and oxygen atoms in total. The third-order valence-electron chi connectivity index (χ3n) is 4.75. The maximum absolute atomic E-state index is 12.7. The first kappa shape index (κ1) is 16.5. The van der Waals surface area contributed by atoms with E-state index in [0.717, 1.165) is 23.7 Å². The zero-order valence-corrected chi connectivity index (χ0v) is 14.5. The maximum atomic E-state index is 12.7. The number of ether oxygens (including phenoxy) is 1. The van der Waals surface area contributed by atoms with E-state index in [1.807, 2.05) is 28.9 Å². The topological polar surface area (TPSA) is 89.0 Å². The van der Waals surface area contributed by atoms with Gasteiger partial charge < -0.3 is 15.0 Å². The van der Waals surface area contributed by atoms with E-state index in [4.69, 9.17) is 4.74 Å². The zero-order valence-electron chi connectivity index (χ0n) is 14.5. The van der Waals surface area contributed by atoms with Crippen molar-refractivity contribution >= 4 is 28.3 Å². The molecule has 1 fully saturated rings. The number of aromatic amines is 1. The molecule has 134 valence electrons. The van der Waals surface area contributed by atoms with Gasteiger partial charge in [0.2, 0.25) is 0 Å². The van der Waals surface area contributed by atoms with Gasteiger partial charge in [-0.15, -0.1) is 0 Å². The fourth-order valence-electron chi connectivity index (χ4n) is 3.42. The molecule has 0 radical (unpaired) electrons. The number of nitrogens with one attached hydrogen (secondary N) is 2. The number of aryl methyl sites for hydroxylation is 1. The first-order chi connectivity index (χ1) is 12.6. The highest BCUT2D eigenvalue weighted by Crippen LogP contribution is 2.24. The van der Waals surface area contributed by atoms with Crippen LogP contribution in [0.25, 0.3) is 10.9 Å². The summed E-state index contributed by atoms with van der Waals surface area (Å²) in [6.45, 7) is 3.22. The summed E-state index contributed by atoms with van der Waals surface area (Å²) in [6, 6.07) is 7.72. The van der Waals surface area contributed by atoms with E-state index in [1.165, 1.54) is 0 Å². The Labute approximate surface area is 150 Å². The van der Waals surface area contributed by atoms with Crippen LogP contribution in [0.5, 0.6) is 0 Å². The molecule has 1 amide bonds. The normalized spacial score (nSPS) is 15.3.